The van der Waals surface area contributed by atoms with Crippen LogP contribution in [0.3, 0.4) is 0 Å². The number of carboxylic acids is 1. The maximum Gasteiger partial charge on any atom is 0.326 e. The van der Waals surface area contributed by atoms with Crippen molar-refractivity contribution in [3.63, 3.8) is 0 Å². The van der Waals surface area contributed by atoms with Gasteiger partial charge in [0, 0.05) is 24.7 Å². The van der Waals surface area contributed by atoms with Gasteiger partial charge in [-0.2, -0.15) is 0 Å². The molecule has 0 saturated carbocycles. The molecule has 0 saturated heterocycles. The van der Waals surface area contributed by atoms with Crippen LogP contribution in [0.2, 0.25) is 0 Å². The number of nitrogens with one attached hydrogen (secondary N) is 4. The van der Waals surface area contributed by atoms with Gasteiger partial charge in [-0.05, 0) is 36.0 Å². The number of carbonyl (C=O) groups is 4. The smallest absolute Gasteiger partial charge is 0.326 e. The van der Waals surface area contributed by atoms with Gasteiger partial charge in [-0.25, -0.2) is 9.78 Å². The lowest BCUT2D eigenvalue weighted by Gasteiger charge is -2.28. The molecule has 0 aliphatic carbocycles. The van der Waals surface area contributed by atoms with Gasteiger partial charge in [0.05, 0.1) is 12.4 Å². The third kappa shape index (κ3) is 10.0. The van der Waals surface area contributed by atoms with Crippen molar-refractivity contribution >= 4 is 23.7 Å². The molecule has 5 atom stereocenters. The summed E-state index contributed by atoms with van der Waals surface area (Å²) in [7, 11) is 0. The number of imidazole rings is 1. The van der Waals surface area contributed by atoms with Crippen LogP contribution >= 0.6 is 0 Å². The van der Waals surface area contributed by atoms with Crippen LogP contribution in [0.25, 0.3) is 0 Å². The number of nitrogens with zero attached hydrogens (tertiary/aromatic N) is 1. The van der Waals surface area contributed by atoms with Gasteiger partial charge in [0.1, 0.15) is 23.9 Å². The molecular formula is C27H40N6O6. The van der Waals surface area contributed by atoms with Crippen molar-refractivity contribution in [2.75, 3.05) is 0 Å². The first-order valence-corrected chi connectivity index (χ1v) is 13.1. The lowest BCUT2D eigenvalue weighted by molar-refractivity contribution is -0.142. The summed E-state index contributed by atoms with van der Waals surface area (Å²) in [6, 6.07) is 1.86. The number of phenolic OH excluding ortho intramolecular Hbond substituents is 1. The highest BCUT2D eigenvalue weighted by molar-refractivity contribution is 5.94. The fourth-order valence-electron chi connectivity index (χ4n) is 3.99. The van der Waals surface area contributed by atoms with Crippen LogP contribution in [0.15, 0.2) is 36.8 Å². The Morgan fingerprint density at radius 3 is 2.13 bits per heavy atom. The van der Waals surface area contributed by atoms with E-state index < -0.39 is 47.9 Å². The summed E-state index contributed by atoms with van der Waals surface area (Å²) < 4.78 is 0. The highest BCUT2D eigenvalue weighted by Crippen LogP contribution is 2.14. The van der Waals surface area contributed by atoms with E-state index in [1.54, 1.807) is 25.3 Å². The second-order valence-electron chi connectivity index (χ2n) is 10.2. The summed E-state index contributed by atoms with van der Waals surface area (Å²) in [5.74, 6) is -3.19. The Balaban J connectivity index is 2.13. The molecular weight excluding hydrogens is 504 g/mol. The Morgan fingerprint density at radius 2 is 1.59 bits per heavy atom. The summed E-state index contributed by atoms with van der Waals surface area (Å²) in [5, 5.41) is 27.1. The monoisotopic (exact) mass is 544 g/mol. The topological polar surface area (TPSA) is 200 Å². The molecule has 39 heavy (non-hydrogen) atoms. The van der Waals surface area contributed by atoms with E-state index >= 15 is 0 Å². The van der Waals surface area contributed by atoms with Gasteiger partial charge in [-0.3, -0.25) is 14.4 Å². The average molecular weight is 545 g/mol. The molecule has 5 unspecified atom stereocenters. The largest absolute Gasteiger partial charge is 0.508 e. The molecule has 1 heterocycles. The number of amides is 3. The zero-order chi connectivity index (χ0) is 29.1. The molecule has 12 heteroatoms. The molecule has 214 valence electrons. The zero-order valence-corrected chi connectivity index (χ0v) is 22.8. The van der Waals surface area contributed by atoms with Crippen molar-refractivity contribution in [1.82, 2.24) is 25.9 Å². The summed E-state index contributed by atoms with van der Waals surface area (Å²) in [6.45, 7) is 7.42. The first-order chi connectivity index (χ1) is 18.4. The molecule has 8 N–H and O–H groups in total. The Hall–Kier alpha value is -3.93. The molecule has 0 bridgehead atoms. The number of aromatic nitrogens is 2. The molecule has 0 spiro atoms. The number of nitrogens with two attached hydrogens (primary N) is 1. The van der Waals surface area contributed by atoms with Crippen LogP contribution < -0.4 is 21.7 Å². The van der Waals surface area contributed by atoms with Crippen molar-refractivity contribution in [1.29, 1.82) is 0 Å². The van der Waals surface area contributed by atoms with Crippen LogP contribution in [0.4, 0.5) is 0 Å². The lowest BCUT2D eigenvalue weighted by Crippen LogP contribution is -2.59. The van der Waals surface area contributed by atoms with Gasteiger partial charge in [0.2, 0.25) is 17.7 Å². The van der Waals surface area contributed by atoms with E-state index in [4.69, 9.17) is 5.73 Å². The summed E-state index contributed by atoms with van der Waals surface area (Å²) in [4.78, 5) is 58.0. The molecule has 2 rings (SSSR count). The molecule has 2 aromatic rings. The van der Waals surface area contributed by atoms with Gasteiger partial charge < -0.3 is 36.9 Å². The Morgan fingerprint density at radius 1 is 0.949 bits per heavy atom. The standard InChI is InChI=1S/C27H40N6O6/c1-5-16(4)23(26(37)32-22(27(38)39)11-17-6-8-19(34)9-7-17)33-25(36)21(10-15(2)3)31-24(35)20(28)12-18-13-29-14-30-18/h6-9,13-16,20-23,34H,5,10-12,28H2,1-4H3,(H,29,30)(H,31,35)(H,32,37)(H,33,36)(H,38,39). The third-order valence-corrected chi connectivity index (χ3v) is 6.46. The van der Waals surface area contributed by atoms with Gasteiger partial charge in [0.15, 0.2) is 0 Å². The quantitative estimate of drug-likeness (QED) is 0.171. The van der Waals surface area contributed by atoms with Crippen molar-refractivity contribution in [3.05, 3.63) is 48.0 Å². The highest BCUT2D eigenvalue weighted by Gasteiger charge is 2.33. The molecule has 3 amide bonds. The van der Waals surface area contributed by atoms with Crippen molar-refractivity contribution in [3.8, 4) is 5.75 Å². The summed E-state index contributed by atoms with van der Waals surface area (Å²) in [6.07, 6.45) is 4.08. The number of aliphatic carboxylic acids is 1. The van der Waals surface area contributed by atoms with Crippen molar-refractivity contribution < 1.29 is 29.4 Å². The molecule has 1 aromatic carbocycles. The Labute approximate surface area is 228 Å². The number of H-pyrrole nitrogens is 1. The van der Waals surface area contributed by atoms with Crippen molar-refractivity contribution in [2.24, 2.45) is 17.6 Å². The fraction of sp³-hybridized carbons (Fsp3) is 0.519. The number of benzene rings is 1. The molecule has 0 fully saturated rings. The van der Waals surface area contributed by atoms with Crippen LogP contribution in [0.1, 0.15) is 51.8 Å². The maximum atomic E-state index is 13.3. The second kappa shape index (κ2) is 14.9. The molecule has 0 aliphatic rings. The predicted molar refractivity (Wildman–Crippen MR) is 144 cm³/mol. The van der Waals surface area contributed by atoms with Gasteiger partial charge >= 0.3 is 5.97 Å². The number of phenols is 1. The summed E-state index contributed by atoms with van der Waals surface area (Å²) in [5.41, 5.74) is 7.32. The molecule has 0 aliphatic heterocycles. The number of carbonyl (C=O) groups excluding carboxylic acids is 3. The normalized spacial score (nSPS) is 15.0. The number of hydrogen-bond donors (Lipinski definition) is 7. The van der Waals surface area contributed by atoms with Crippen molar-refractivity contribution in [2.45, 2.75) is 77.5 Å². The van der Waals surface area contributed by atoms with E-state index in [1.807, 2.05) is 20.8 Å². The molecule has 1 aromatic heterocycles. The lowest BCUT2D eigenvalue weighted by atomic mass is 9.96. The second-order valence-corrected chi connectivity index (χ2v) is 10.2. The minimum atomic E-state index is -1.25. The van der Waals surface area contributed by atoms with E-state index in [0.717, 1.165) is 0 Å². The maximum absolute atomic E-state index is 13.3. The number of rotatable bonds is 15. The van der Waals surface area contributed by atoms with Crippen LogP contribution in [0, 0.1) is 11.8 Å². The van der Waals surface area contributed by atoms with E-state index in [1.165, 1.54) is 18.5 Å². The highest BCUT2D eigenvalue weighted by atomic mass is 16.4. The van der Waals surface area contributed by atoms with Crippen LogP contribution in [-0.2, 0) is 32.0 Å². The van der Waals surface area contributed by atoms with Gasteiger partial charge in [-0.1, -0.05) is 46.2 Å². The SMILES string of the molecule is CCC(C)C(NC(=O)C(CC(C)C)NC(=O)C(N)Cc1cnc[nH]1)C(=O)NC(Cc1ccc(O)cc1)C(=O)O. The molecule has 0 radical (unpaired) electrons. The Bertz CT molecular complexity index is 1090. The number of aromatic amines is 1. The van der Waals surface area contributed by atoms with Crippen LogP contribution in [0.5, 0.6) is 5.75 Å². The first-order valence-electron chi connectivity index (χ1n) is 13.1. The minimum absolute atomic E-state index is 0.0111. The van der Waals surface area contributed by atoms with Gasteiger partial charge in [0.25, 0.3) is 0 Å². The first kappa shape index (κ1) is 31.3. The predicted octanol–water partition coefficient (Wildman–Crippen LogP) is 0.859. The average Bonchev–Trinajstić information content (AvgIpc) is 3.39. The van der Waals surface area contributed by atoms with E-state index in [0.29, 0.717) is 24.1 Å². The fourth-order valence-corrected chi connectivity index (χ4v) is 3.99. The number of hydrogen-bond acceptors (Lipinski definition) is 7. The van der Waals surface area contributed by atoms with E-state index in [9.17, 15) is 29.4 Å². The Kier molecular flexibility index (Phi) is 11.9. The number of aromatic hydroxyl groups is 1. The third-order valence-electron chi connectivity index (χ3n) is 6.46. The van der Waals surface area contributed by atoms with E-state index in [-0.39, 0.29) is 30.4 Å². The summed E-state index contributed by atoms with van der Waals surface area (Å²) >= 11 is 0. The molecule has 12 nitrogen and oxygen atoms in total. The van der Waals surface area contributed by atoms with E-state index in [2.05, 4.69) is 25.9 Å². The zero-order valence-electron chi connectivity index (χ0n) is 22.8. The minimum Gasteiger partial charge on any atom is -0.508 e. The van der Waals surface area contributed by atoms with Crippen LogP contribution in [-0.4, -0.2) is 68.0 Å². The van der Waals surface area contributed by atoms with Gasteiger partial charge in [-0.15, -0.1) is 0 Å². The number of carboxylic acid groups (broad SMARTS) is 1.